The molecule has 2 atom stereocenters. The van der Waals surface area contributed by atoms with E-state index in [2.05, 4.69) is 20.9 Å². The molecule has 0 fully saturated rings. The minimum Gasteiger partial charge on any atom is -0.463 e. The number of nitrogens with one attached hydrogen (secondary N) is 3. The van der Waals surface area contributed by atoms with Crippen molar-refractivity contribution in [1.29, 1.82) is 0 Å². The van der Waals surface area contributed by atoms with Crippen LogP contribution in [0.2, 0.25) is 0 Å². The van der Waals surface area contributed by atoms with Gasteiger partial charge < -0.3 is 36.5 Å². The van der Waals surface area contributed by atoms with Crippen molar-refractivity contribution in [3.8, 4) is 0 Å². The summed E-state index contributed by atoms with van der Waals surface area (Å²) in [5.74, 6) is -2.42. The van der Waals surface area contributed by atoms with E-state index in [-0.39, 0.29) is 24.9 Å². The lowest BCUT2D eigenvalue weighted by Gasteiger charge is -2.24. The monoisotopic (exact) mass is 427 g/mol. The van der Waals surface area contributed by atoms with E-state index < -0.39 is 36.9 Å². The van der Waals surface area contributed by atoms with Gasteiger partial charge in [0.1, 0.15) is 6.04 Å². The van der Waals surface area contributed by atoms with Crippen molar-refractivity contribution in [2.75, 3.05) is 20.2 Å². The predicted molar refractivity (Wildman–Crippen MR) is 114 cm³/mol. The van der Waals surface area contributed by atoms with Crippen LogP contribution in [0, 0.1) is 5.92 Å². The third-order valence-corrected chi connectivity index (χ3v) is 3.92. The first-order valence-corrected chi connectivity index (χ1v) is 9.88. The number of amides is 2. The maximum Gasteiger partial charge on any atom is 0.475 e. The third kappa shape index (κ3) is 12.8. The lowest BCUT2D eigenvalue weighted by molar-refractivity contribution is -0.137. The van der Waals surface area contributed by atoms with Crippen LogP contribution in [0.3, 0.4) is 0 Å². The Balaban J connectivity index is 5.08. The second-order valence-electron chi connectivity index (χ2n) is 6.98. The molecular weight excluding hydrogens is 393 g/mol. The van der Waals surface area contributed by atoms with Gasteiger partial charge in [-0.15, -0.1) is 0 Å². The summed E-state index contributed by atoms with van der Waals surface area (Å²) in [4.78, 5) is 39.9. The molecule has 0 saturated carbocycles. The van der Waals surface area contributed by atoms with Gasteiger partial charge in [-0.3, -0.25) is 14.6 Å². The van der Waals surface area contributed by atoms with E-state index in [1.54, 1.807) is 6.92 Å². The van der Waals surface area contributed by atoms with Crippen LogP contribution < -0.4 is 21.7 Å². The number of esters is 1. The smallest absolute Gasteiger partial charge is 0.463 e. The number of aliphatic imine (C=N–C) groups is 1. The summed E-state index contributed by atoms with van der Waals surface area (Å²) in [5, 5.41) is 27.0. The average Bonchev–Trinajstić information content (AvgIpc) is 2.67. The van der Waals surface area contributed by atoms with Crippen LogP contribution in [-0.2, 0) is 19.1 Å². The fourth-order valence-electron chi connectivity index (χ4n) is 2.47. The fourth-order valence-corrected chi connectivity index (χ4v) is 2.47. The van der Waals surface area contributed by atoms with E-state index in [4.69, 9.17) is 10.5 Å². The van der Waals surface area contributed by atoms with Gasteiger partial charge in [0.05, 0.1) is 12.5 Å². The number of rotatable bonds is 13. The Morgan fingerprint density at radius 2 is 1.87 bits per heavy atom. The molecule has 0 aliphatic rings. The number of hydrogen-bond donors (Lipinski definition) is 6. The van der Waals surface area contributed by atoms with Crippen molar-refractivity contribution in [3.63, 3.8) is 0 Å². The van der Waals surface area contributed by atoms with Crippen molar-refractivity contribution in [2.24, 2.45) is 16.6 Å². The Hall–Kier alpha value is -2.60. The number of carbonyl (C=O) groups is 3. The number of guanidine groups is 1. The van der Waals surface area contributed by atoms with Crippen LogP contribution in [0.1, 0.15) is 40.0 Å². The summed E-state index contributed by atoms with van der Waals surface area (Å²) >= 11 is 0. The molecule has 7 N–H and O–H groups in total. The molecule has 0 saturated heterocycles. The average molecular weight is 427 g/mol. The number of carbonyl (C=O) groups excluding carboxylic acids is 3. The standard InChI is InChI=1S/C18H34BN5O6/c1-5-30-16(26)9-8-15(25)23-13(7-6-10-22-18(20)21-4)17(27)24-14(19(28)29)11-12(2)3/h8-9,12-14,28-29H,5-7,10-11H2,1-4H3,(H,23,25)(H,24,27)(H3,20,21,22)/b9-8+/t13-,14-/m0/s1. The molecule has 0 aromatic carbocycles. The van der Waals surface area contributed by atoms with Crippen LogP contribution in [0.5, 0.6) is 0 Å². The minimum absolute atomic E-state index is 0.109. The molecule has 0 radical (unpaired) electrons. The van der Waals surface area contributed by atoms with Gasteiger partial charge in [0.25, 0.3) is 0 Å². The Morgan fingerprint density at radius 3 is 2.40 bits per heavy atom. The first-order valence-electron chi connectivity index (χ1n) is 9.88. The van der Waals surface area contributed by atoms with E-state index in [9.17, 15) is 24.4 Å². The molecule has 0 aromatic rings. The van der Waals surface area contributed by atoms with Crippen LogP contribution in [-0.4, -0.2) is 73.1 Å². The zero-order valence-corrected chi connectivity index (χ0v) is 18.1. The van der Waals surface area contributed by atoms with Crippen molar-refractivity contribution in [2.45, 2.75) is 52.0 Å². The van der Waals surface area contributed by atoms with Crippen molar-refractivity contribution >= 4 is 30.9 Å². The molecule has 0 bridgehead atoms. The van der Waals surface area contributed by atoms with E-state index in [1.807, 2.05) is 13.8 Å². The molecule has 2 amide bonds. The van der Waals surface area contributed by atoms with Gasteiger partial charge in [0, 0.05) is 25.7 Å². The maximum absolute atomic E-state index is 12.7. The van der Waals surface area contributed by atoms with Gasteiger partial charge in [0.2, 0.25) is 11.8 Å². The largest absolute Gasteiger partial charge is 0.475 e. The summed E-state index contributed by atoms with van der Waals surface area (Å²) in [5.41, 5.74) is 5.55. The Bertz CT molecular complexity index is 612. The van der Waals surface area contributed by atoms with Crippen LogP contribution >= 0.6 is 0 Å². The second kappa shape index (κ2) is 15.3. The van der Waals surface area contributed by atoms with Crippen molar-refractivity contribution < 1.29 is 29.2 Å². The van der Waals surface area contributed by atoms with Gasteiger partial charge in [-0.1, -0.05) is 13.8 Å². The highest BCUT2D eigenvalue weighted by molar-refractivity contribution is 6.43. The molecule has 0 rings (SSSR count). The topological polar surface area (TPSA) is 175 Å². The zero-order valence-electron chi connectivity index (χ0n) is 18.1. The highest BCUT2D eigenvalue weighted by Gasteiger charge is 2.29. The van der Waals surface area contributed by atoms with E-state index in [1.165, 1.54) is 7.05 Å². The number of hydrogen-bond acceptors (Lipinski definition) is 7. The second-order valence-corrected chi connectivity index (χ2v) is 6.98. The Kier molecular flexibility index (Phi) is 14.0. The van der Waals surface area contributed by atoms with Gasteiger partial charge in [-0.05, 0) is 32.1 Å². The first-order chi connectivity index (χ1) is 14.1. The van der Waals surface area contributed by atoms with Crippen LogP contribution in [0.25, 0.3) is 0 Å². The summed E-state index contributed by atoms with van der Waals surface area (Å²) in [6.45, 7) is 5.99. The quantitative estimate of drug-likeness (QED) is 0.0511. The molecule has 0 aliphatic carbocycles. The van der Waals surface area contributed by atoms with E-state index >= 15 is 0 Å². The van der Waals surface area contributed by atoms with E-state index in [0.717, 1.165) is 12.2 Å². The molecular formula is C18H34BN5O6. The van der Waals surface area contributed by atoms with Crippen LogP contribution in [0.15, 0.2) is 17.1 Å². The molecule has 12 heteroatoms. The lowest BCUT2D eigenvalue weighted by Crippen LogP contribution is -2.54. The van der Waals surface area contributed by atoms with Crippen LogP contribution in [0.4, 0.5) is 0 Å². The highest BCUT2D eigenvalue weighted by Crippen LogP contribution is 2.07. The number of nitrogens with zero attached hydrogens (tertiary/aromatic N) is 1. The fraction of sp³-hybridized carbons (Fsp3) is 0.667. The number of nitrogens with two attached hydrogens (primary N) is 1. The van der Waals surface area contributed by atoms with Gasteiger partial charge in [-0.2, -0.15) is 0 Å². The SMILES string of the molecule is CCOC(=O)/C=C/C(=O)N[C@@H](CCCNC(N)=NC)C(=O)N[C@@H](CC(C)C)B(O)O. The van der Waals surface area contributed by atoms with Gasteiger partial charge in [-0.25, -0.2) is 4.79 Å². The molecule has 170 valence electrons. The lowest BCUT2D eigenvalue weighted by atomic mass is 9.75. The molecule has 0 aliphatic heterocycles. The summed E-state index contributed by atoms with van der Waals surface area (Å²) in [6.07, 6.45) is 2.99. The molecule has 0 aromatic heterocycles. The van der Waals surface area contributed by atoms with Gasteiger partial charge in [0.15, 0.2) is 5.96 Å². The van der Waals surface area contributed by atoms with Crippen molar-refractivity contribution in [3.05, 3.63) is 12.2 Å². The molecule has 11 nitrogen and oxygen atoms in total. The predicted octanol–water partition coefficient (Wildman–Crippen LogP) is -1.55. The number of ether oxygens (including phenoxy) is 1. The Morgan fingerprint density at radius 1 is 1.20 bits per heavy atom. The molecule has 0 spiro atoms. The molecule has 30 heavy (non-hydrogen) atoms. The summed E-state index contributed by atoms with van der Waals surface area (Å²) in [7, 11) is -0.206. The molecule has 0 unspecified atom stereocenters. The first kappa shape index (κ1) is 27.4. The Labute approximate surface area is 177 Å². The molecule has 0 heterocycles. The zero-order chi connectivity index (χ0) is 23.1. The van der Waals surface area contributed by atoms with Crippen molar-refractivity contribution in [1.82, 2.24) is 16.0 Å². The maximum atomic E-state index is 12.7. The third-order valence-electron chi connectivity index (χ3n) is 3.92. The van der Waals surface area contributed by atoms with Gasteiger partial charge >= 0.3 is 13.1 Å². The summed E-state index contributed by atoms with van der Waals surface area (Å²) < 4.78 is 4.70. The summed E-state index contributed by atoms with van der Waals surface area (Å²) in [6, 6.07) is -0.959. The van der Waals surface area contributed by atoms with E-state index in [0.29, 0.717) is 19.4 Å². The normalized spacial score (nSPS) is 13.6. The minimum atomic E-state index is -1.74. The highest BCUT2D eigenvalue weighted by atomic mass is 16.5.